The Morgan fingerprint density at radius 1 is 1.56 bits per heavy atom. The molecule has 0 aromatic carbocycles. The predicted octanol–water partition coefficient (Wildman–Crippen LogP) is -0.314. The van der Waals surface area contributed by atoms with Crippen LogP contribution in [0.5, 0.6) is 0 Å². The summed E-state index contributed by atoms with van der Waals surface area (Å²) < 4.78 is 6.53. The summed E-state index contributed by atoms with van der Waals surface area (Å²) in [6, 6.07) is 0. The van der Waals surface area contributed by atoms with Gasteiger partial charge in [0.05, 0.1) is 19.8 Å². The van der Waals surface area contributed by atoms with Crippen LogP contribution in [-0.4, -0.2) is 53.9 Å². The van der Waals surface area contributed by atoms with E-state index in [0.29, 0.717) is 13.2 Å². The van der Waals surface area contributed by atoms with E-state index in [2.05, 4.69) is 0 Å². The number of carbonyl (C=O) groups is 1. The number of aliphatic hydroxyl groups is 1. The monoisotopic (exact) mass is 274 g/mol. The zero-order valence-electron chi connectivity index (χ0n) is 10.6. The van der Waals surface area contributed by atoms with Crippen molar-refractivity contribution in [2.75, 3.05) is 33.4 Å². The highest BCUT2D eigenvalue weighted by molar-refractivity contribution is 7.07. The average Bonchev–Trinajstić information content (AvgIpc) is 2.66. The minimum Gasteiger partial charge on any atom is -0.394 e. The summed E-state index contributed by atoms with van der Waals surface area (Å²) in [5, 5.41) is 10.3. The normalized spacial score (nSPS) is 10.6. The SMILES string of the molecule is Cc1csc(=O)n1CC(=O)N(C)CCOCCO. The maximum atomic E-state index is 11.8. The summed E-state index contributed by atoms with van der Waals surface area (Å²) in [5.41, 5.74) is 0.795. The molecule has 7 heteroatoms. The number of amides is 1. The van der Waals surface area contributed by atoms with E-state index in [1.165, 1.54) is 9.47 Å². The van der Waals surface area contributed by atoms with Gasteiger partial charge in [-0.05, 0) is 6.92 Å². The molecule has 0 bridgehead atoms. The Labute approximate surface area is 109 Å². The topological polar surface area (TPSA) is 71.8 Å². The second kappa shape index (κ2) is 7.30. The molecule has 0 saturated carbocycles. The maximum Gasteiger partial charge on any atom is 0.307 e. The molecule has 0 aliphatic carbocycles. The van der Waals surface area contributed by atoms with Crippen molar-refractivity contribution in [2.45, 2.75) is 13.5 Å². The third-order valence-corrected chi connectivity index (χ3v) is 3.38. The largest absolute Gasteiger partial charge is 0.394 e. The molecule has 0 aliphatic heterocycles. The van der Waals surface area contributed by atoms with Crippen molar-refractivity contribution >= 4 is 17.2 Å². The van der Waals surface area contributed by atoms with Crippen molar-refractivity contribution in [3.8, 4) is 0 Å². The van der Waals surface area contributed by atoms with Crippen LogP contribution in [0.25, 0.3) is 0 Å². The minimum absolute atomic E-state index is 0.0266. The van der Waals surface area contributed by atoms with Crippen LogP contribution in [0, 0.1) is 6.92 Å². The van der Waals surface area contributed by atoms with Crippen LogP contribution in [0.4, 0.5) is 0 Å². The van der Waals surface area contributed by atoms with E-state index in [4.69, 9.17) is 9.84 Å². The highest BCUT2D eigenvalue weighted by Crippen LogP contribution is 2.00. The van der Waals surface area contributed by atoms with Crippen molar-refractivity contribution in [1.82, 2.24) is 9.47 Å². The molecule has 1 amide bonds. The molecule has 1 heterocycles. The number of likely N-dealkylation sites (N-methyl/N-ethyl adjacent to an activating group) is 1. The first-order valence-electron chi connectivity index (χ1n) is 5.63. The van der Waals surface area contributed by atoms with Gasteiger partial charge in [0.15, 0.2) is 0 Å². The van der Waals surface area contributed by atoms with Crippen molar-refractivity contribution in [3.05, 3.63) is 20.7 Å². The molecular formula is C11H18N2O4S. The predicted molar refractivity (Wildman–Crippen MR) is 68.9 cm³/mol. The van der Waals surface area contributed by atoms with Gasteiger partial charge in [0, 0.05) is 24.7 Å². The van der Waals surface area contributed by atoms with E-state index in [9.17, 15) is 9.59 Å². The molecule has 0 radical (unpaired) electrons. The summed E-state index contributed by atoms with van der Waals surface area (Å²) in [7, 11) is 1.66. The number of thiazole rings is 1. The molecule has 0 unspecified atom stereocenters. The summed E-state index contributed by atoms with van der Waals surface area (Å²) in [5.74, 6) is -0.133. The first kappa shape index (κ1) is 14.9. The van der Waals surface area contributed by atoms with Gasteiger partial charge in [0.25, 0.3) is 0 Å². The lowest BCUT2D eigenvalue weighted by Crippen LogP contribution is -2.35. The highest BCUT2D eigenvalue weighted by Gasteiger charge is 2.12. The van der Waals surface area contributed by atoms with E-state index in [1.807, 2.05) is 0 Å². The van der Waals surface area contributed by atoms with Crippen LogP contribution in [-0.2, 0) is 16.1 Å². The summed E-state index contributed by atoms with van der Waals surface area (Å²) in [6.45, 7) is 2.92. The van der Waals surface area contributed by atoms with Crippen molar-refractivity contribution in [3.63, 3.8) is 0 Å². The van der Waals surface area contributed by atoms with Gasteiger partial charge in [-0.3, -0.25) is 14.2 Å². The molecule has 0 aliphatic rings. The Morgan fingerprint density at radius 3 is 2.83 bits per heavy atom. The molecule has 0 atom stereocenters. The van der Waals surface area contributed by atoms with Crippen LogP contribution in [0.3, 0.4) is 0 Å². The second-order valence-electron chi connectivity index (χ2n) is 3.88. The lowest BCUT2D eigenvalue weighted by atomic mass is 10.4. The Hall–Kier alpha value is -1.18. The molecule has 0 spiro atoms. The molecule has 102 valence electrons. The van der Waals surface area contributed by atoms with Gasteiger partial charge in [0.1, 0.15) is 6.54 Å². The summed E-state index contributed by atoms with van der Waals surface area (Å²) in [4.78, 5) is 24.7. The molecule has 1 rings (SSSR count). The molecule has 1 aromatic heterocycles. The second-order valence-corrected chi connectivity index (χ2v) is 4.70. The van der Waals surface area contributed by atoms with Gasteiger partial charge in [-0.2, -0.15) is 0 Å². The van der Waals surface area contributed by atoms with Crippen molar-refractivity contribution in [2.24, 2.45) is 0 Å². The van der Waals surface area contributed by atoms with Gasteiger partial charge in [-0.1, -0.05) is 11.3 Å². The zero-order valence-corrected chi connectivity index (χ0v) is 11.4. The maximum absolute atomic E-state index is 11.8. The van der Waals surface area contributed by atoms with Crippen LogP contribution in [0.2, 0.25) is 0 Å². The average molecular weight is 274 g/mol. The lowest BCUT2D eigenvalue weighted by Gasteiger charge is -2.17. The smallest absolute Gasteiger partial charge is 0.307 e. The number of aryl methyl sites for hydroxylation is 1. The van der Waals surface area contributed by atoms with Crippen LogP contribution < -0.4 is 4.87 Å². The number of carbonyl (C=O) groups excluding carboxylic acids is 1. The first-order chi connectivity index (χ1) is 8.56. The summed E-state index contributed by atoms with van der Waals surface area (Å²) >= 11 is 1.09. The van der Waals surface area contributed by atoms with Gasteiger partial charge in [-0.25, -0.2) is 0 Å². The van der Waals surface area contributed by atoms with Crippen LogP contribution in [0.15, 0.2) is 10.2 Å². The Kier molecular flexibility index (Phi) is 6.03. The number of ether oxygens (including phenoxy) is 1. The van der Waals surface area contributed by atoms with E-state index < -0.39 is 0 Å². The fourth-order valence-corrected chi connectivity index (χ4v) is 2.08. The van der Waals surface area contributed by atoms with Gasteiger partial charge < -0.3 is 14.7 Å². The quantitative estimate of drug-likeness (QED) is 0.692. The third kappa shape index (κ3) is 4.25. The number of aliphatic hydroxyl groups excluding tert-OH is 1. The molecular weight excluding hydrogens is 256 g/mol. The number of aromatic nitrogens is 1. The van der Waals surface area contributed by atoms with Crippen molar-refractivity contribution < 1.29 is 14.6 Å². The van der Waals surface area contributed by atoms with Crippen molar-refractivity contribution in [1.29, 1.82) is 0 Å². The van der Waals surface area contributed by atoms with E-state index in [0.717, 1.165) is 17.0 Å². The molecule has 18 heavy (non-hydrogen) atoms. The van der Waals surface area contributed by atoms with E-state index in [1.54, 1.807) is 19.4 Å². The highest BCUT2D eigenvalue weighted by atomic mass is 32.1. The summed E-state index contributed by atoms with van der Waals surface area (Å²) in [6.07, 6.45) is 0. The van der Waals surface area contributed by atoms with Gasteiger partial charge in [0.2, 0.25) is 5.91 Å². The lowest BCUT2D eigenvalue weighted by molar-refractivity contribution is -0.131. The Balaban J connectivity index is 2.43. The fraction of sp³-hybridized carbons (Fsp3) is 0.636. The standard InChI is InChI=1S/C11H18N2O4S/c1-9-8-18-11(16)13(9)7-10(15)12(2)3-5-17-6-4-14/h8,14H,3-7H2,1-2H3. The van der Waals surface area contributed by atoms with Crippen LogP contribution in [0.1, 0.15) is 5.69 Å². The number of rotatable bonds is 7. The molecule has 1 aromatic rings. The molecule has 1 N–H and O–H groups in total. The number of hydrogen-bond acceptors (Lipinski definition) is 5. The zero-order chi connectivity index (χ0) is 13.5. The minimum atomic E-state index is -0.133. The number of nitrogens with zero attached hydrogens (tertiary/aromatic N) is 2. The fourth-order valence-electron chi connectivity index (χ4n) is 1.34. The molecule has 0 saturated heterocycles. The van der Waals surface area contributed by atoms with Crippen LogP contribution >= 0.6 is 11.3 Å². The molecule has 6 nitrogen and oxygen atoms in total. The Bertz CT molecular complexity index is 440. The van der Waals surface area contributed by atoms with Gasteiger partial charge in [-0.15, -0.1) is 0 Å². The third-order valence-electron chi connectivity index (χ3n) is 2.50. The molecule has 0 fully saturated rings. The van der Waals surface area contributed by atoms with E-state index >= 15 is 0 Å². The van der Waals surface area contributed by atoms with Gasteiger partial charge >= 0.3 is 4.87 Å². The first-order valence-corrected chi connectivity index (χ1v) is 6.51. The Morgan fingerprint density at radius 2 is 2.28 bits per heavy atom. The van der Waals surface area contributed by atoms with E-state index in [-0.39, 0.29) is 30.5 Å². The number of hydrogen-bond donors (Lipinski definition) is 1.